The Kier molecular flexibility index (Phi) is 7.41. The van der Waals surface area contributed by atoms with Crippen LogP contribution in [0, 0.1) is 5.92 Å². The van der Waals surface area contributed by atoms with Crippen molar-refractivity contribution in [3.8, 4) is 11.1 Å². The van der Waals surface area contributed by atoms with E-state index >= 15 is 0 Å². The number of carbonyl (C=O) groups is 3. The molecule has 0 saturated heterocycles. The first kappa shape index (κ1) is 24.3. The number of ether oxygens (including phenoxy) is 1. The van der Waals surface area contributed by atoms with E-state index in [9.17, 15) is 14.4 Å². The Hall–Kier alpha value is -3.35. The third-order valence-electron chi connectivity index (χ3n) is 6.26. The Bertz CT molecular complexity index is 991. The first-order valence-corrected chi connectivity index (χ1v) is 11.3. The second kappa shape index (κ2) is 10.1. The summed E-state index contributed by atoms with van der Waals surface area (Å²) < 4.78 is 5.62. The quantitative estimate of drug-likeness (QED) is 0.593. The highest BCUT2D eigenvalue weighted by atomic mass is 16.5. The van der Waals surface area contributed by atoms with Gasteiger partial charge in [-0.1, -0.05) is 68.8 Å². The normalized spacial score (nSPS) is 15.0. The summed E-state index contributed by atoms with van der Waals surface area (Å²) in [4.78, 5) is 38.4. The molecule has 0 bridgehead atoms. The zero-order valence-electron chi connectivity index (χ0n) is 19.6. The van der Waals surface area contributed by atoms with Gasteiger partial charge in [0.1, 0.15) is 12.1 Å². The topological polar surface area (TPSA) is 95.9 Å². The number of nitrogens with one attached hydrogen (secondary N) is 1. The number of rotatable bonds is 9. The van der Waals surface area contributed by atoms with E-state index in [1.165, 1.54) is 4.90 Å². The van der Waals surface area contributed by atoms with Crippen LogP contribution in [0.2, 0.25) is 0 Å². The Morgan fingerprint density at radius 2 is 1.64 bits per heavy atom. The van der Waals surface area contributed by atoms with E-state index in [1.807, 2.05) is 43.3 Å². The van der Waals surface area contributed by atoms with E-state index in [-0.39, 0.29) is 25.0 Å². The summed E-state index contributed by atoms with van der Waals surface area (Å²) in [5.41, 5.74) is 3.32. The fraction of sp³-hybridized carbons (Fsp3) is 0.423. The maximum atomic E-state index is 13.1. The minimum absolute atomic E-state index is 0.0554. The Morgan fingerprint density at radius 3 is 2.15 bits per heavy atom. The van der Waals surface area contributed by atoms with Crippen LogP contribution in [0.1, 0.15) is 50.7 Å². The minimum atomic E-state index is -1.19. The van der Waals surface area contributed by atoms with Crippen molar-refractivity contribution in [2.45, 2.75) is 45.1 Å². The lowest BCUT2D eigenvalue weighted by atomic mass is 9.94. The highest BCUT2D eigenvalue weighted by Gasteiger charge is 2.38. The number of amides is 2. The number of fused-ring (bicyclic) bond motifs is 3. The lowest BCUT2D eigenvalue weighted by Crippen LogP contribution is -2.57. The van der Waals surface area contributed by atoms with E-state index in [0.29, 0.717) is 12.8 Å². The van der Waals surface area contributed by atoms with E-state index < -0.39 is 23.5 Å². The monoisotopic (exact) mass is 452 g/mol. The standard InChI is InChI=1S/C26H32N2O5/c1-5-14-26(3,24(31)28(4)15-17(2)23(29)30)27-25(32)33-16-22-20-12-8-6-10-18(20)19-11-7-9-13-21(19)22/h6-13,17,22H,5,14-16H2,1-4H3,(H,27,32)(H,29,30). The number of hydrogen-bond donors (Lipinski definition) is 2. The number of nitrogens with zero attached hydrogens (tertiary/aromatic N) is 1. The van der Waals surface area contributed by atoms with E-state index in [0.717, 1.165) is 22.3 Å². The first-order valence-electron chi connectivity index (χ1n) is 11.3. The molecule has 0 radical (unpaired) electrons. The van der Waals surface area contributed by atoms with Gasteiger partial charge in [-0.05, 0) is 35.6 Å². The largest absolute Gasteiger partial charge is 0.481 e. The summed E-state index contributed by atoms with van der Waals surface area (Å²) in [7, 11) is 1.55. The summed E-state index contributed by atoms with van der Waals surface area (Å²) in [6, 6.07) is 16.2. The molecule has 2 N–H and O–H groups in total. The SMILES string of the molecule is CCCC(C)(NC(=O)OCC1c2ccccc2-c2ccccc21)C(=O)N(C)CC(C)C(=O)O. The molecule has 2 aromatic carbocycles. The lowest BCUT2D eigenvalue weighted by Gasteiger charge is -2.33. The van der Waals surface area contributed by atoms with Crippen molar-refractivity contribution in [2.75, 3.05) is 20.2 Å². The molecule has 1 aliphatic carbocycles. The maximum absolute atomic E-state index is 13.1. The van der Waals surface area contributed by atoms with E-state index in [4.69, 9.17) is 9.84 Å². The summed E-state index contributed by atoms with van der Waals surface area (Å²) in [5, 5.41) is 11.9. The third kappa shape index (κ3) is 5.18. The minimum Gasteiger partial charge on any atom is -0.481 e. The predicted molar refractivity (Wildman–Crippen MR) is 126 cm³/mol. The van der Waals surface area contributed by atoms with Crippen LogP contribution in [-0.4, -0.2) is 53.7 Å². The van der Waals surface area contributed by atoms with Crippen LogP contribution in [0.4, 0.5) is 4.79 Å². The Balaban J connectivity index is 1.69. The van der Waals surface area contributed by atoms with Crippen LogP contribution >= 0.6 is 0 Å². The molecule has 2 atom stereocenters. The molecule has 2 aromatic rings. The first-order chi connectivity index (χ1) is 15.7. The average molecular weight is 453 g/mol. The predicted octanol–water partition coefficient (Wildman–Crippen LogP) is 4.26. The Labute approximate surface area is 194 Å². The van der Waals surface area contributed by atoms with Crippen LogP contribution < -0.4 is 5.32 Å². The van der Waals surface area contributed by atoms with Gasteiger partial charge in [0.15, 0.2) is 0 Å². The second-order valence-electron chi connectivity index (χ2n) is 8.96. The molecular weight excluding hydrogens is 420 g/mol. The fourth-order valence-electron chi connectivity index (χ4n) is 4.58. The van der Waals surface area contributed by atoms with Crippen molar-refractivity contribution in [1.82, 2.24) is 10.2 Å². The van der Waals surface area contributed by atoms with Crippen molar-refractivity contribution in [3.05, 3.63) is 59.7 Å². The molecule has 7 heteroatoms. The van der Waals surface area contributed by atoms with Crippen molar-refractivity contribution in [3.63, 3.8) is 0 Å². The average Bonchev–Trinajstić information content (AvgIpc) is 3.11. The summed E-state index contributed by atoms with van der Waals surface area (Å²) in [5.74, 6) is -2.10. The highest BCUT2D eigenvalue weighted by Crippen LogP contribution is 2.44. The summed E-state index contributed by atoms with van der Waals surface area (Å²) >= 11 is 0. The van der Waals surface area contributed by atoms with Gasteiger partial charge < -0.3 is 20.1 Å². The molecular formula is C26H32N2O5. The molecule has 2 amide bonds. The number of carboxylic acids is 1. The van der Waals surface area contributed by atoms with Gasteiger partial charge in [0.2, 0.25) is 5.91 Å². The molecule has 2 unspecified atom stereocenters. The molecule has 0 spiro atoms. The maximum Gasteiger partial charge on any atom is 0.408 e. The van der Waals surface area contributed by atoms with Crippen molar-refractivity contribution in [2.24, 2.45) is 5.92 Å². The smallest absolute Gasteiger partial charge is 0.408 e. The van der Waals surface area contributed by atoms with Crippen LogP contribution in [-0.2, 0) is 14.3 Å². The van der Waals surface area contributed by atoms with Gasteiger partial charge in [-0.3, -0.25) is 9.59 Å². The van der Waals surface area contributed by atoms with Crippen LogP contribution in [0.15, 0.2) is 48.5 Å². The van der Waals surface area contributed by atoms with Gasteiger partial charge in [0, 0.05) is 19.5 Å². The zero-order chi connectivity index (χ0) is 24.2. The van der Waals surface area contributed by atoms with Gasteiger partial charge >= 0.3 is 12.1 Å². The molecule has 0 fully saturated rings. The molecule has 7 nitrogen and oxygen atoms in total. The molecule has 0 saturated carbocycles. The molecule has 1 aliphatic rings. The molecule has 0 heterocycles. The summed E-state index contributed by atoms with van der Waals surface area (Å²) in [6.45, 7) is 5.33. The third-order valence-corrected chi connectivity index (χ3v) is 6.26. The highest BCUT2D eigenvalue weighted by molar-refractivity contribution is 5.90. The molecule has 0 aromatic heterocycles. The van der Waals surface area contributed by atoms with Crippen molar-refractivity contribution in [1.29, 1.82) is 0 Å². The van der Waals surface area contributed by atoms with Gasteiger partial charge in [-0.25, -0.2) is 4.79 Å². The number of aliphatic carboxylic acids is 1. The lowest BCUT2D eigenvalue weighted by molar-refractivity contribution is -0.144. The van der Waals surface area contributed by atoms with Crippen molar-refractivity contribution < 1.29 is 24.2 Å². The number of alkyl carbamates (subject to hydrolysis) is 1. The molecule has 176 valence electrons. The molecule has 0 aliphatic heterocycles. The fourth-order valence-corrected chi connectivity index (χ4v) is 4.58. The number of likely N-dealkylation sites (N-methyl/N-ethyl adjacent to an activating group) is 1. The van der Waals surface area contributed by atoms with Crippen LogP contribution in [0.5, 0.6) is 0 Å². The van der Waals surface area contributed by atoms with E-state index in [2.05, 4.69) is 17.4 Å². The van der Waals surface area contributed by atoms with E-state index in [1.54, 1.807) is 20.9 Å². The van der Waals surface area contributed by atoms with Crippen LogP contribution in [0.3, 0.4) is 0 Å². The molecule has 3 rings (SSSR count). The second-order valence-corrected chi connectivity index (χ2v) is 8.96. The van der Waals surface area contributed by atoms with Gasteiger partial charge in [0.25, 0.3) is 0 Å². The van der Waals surface area contributed by atoms with Gasteiger partial charge in [-0.15, -0.1) is 0 Å². The van der Waals surface area contributed by atoms with Crippen molar-refractivity contribution >= 4 is 18.0 Å². The molecule has 33 heavy (non-hydrogen) atoms. The number of carbonyl (C=O) groups excluding carboxylic acids is 2. The van der Waals surface area contributed by atoms with Gasteiger partial charge in [0.05, 0.1) is 5.92 Å². The van der Waals surface area contributed by atoms with Gasteiger partial charge in [-0.2, -0.15) is 0 Å². The van der Waals surface area contributed by atoms with Crippen LogP contribution in [0.25, 0.3) is 11.1 Å². The summed E-state index contributed by atoms with van der Waals surface area (Å²) in [6.07, 6.45) is 0.400. The zero-order valence-corrected chi connectivity index (χ0v) is 19.6. The number of hydrogen-bond acceptors (Lipinski definition) is 4. The Morgan fingerprint density at radius 1 is 1.09 bits per heavy atom. The number of carboxylic acid groups (broad SMARTS) is 1. The number of benzene rings is 2.